The number of hydrogen-bond acceptors (Lipinski definition) is 2. The first-order valence-electron chi connectivity index (χ1n) is 6.56. The number of aryl methyl sites for hydroxylation is 1. The van der Waals surface area contributed by atoms with Crippen LogP contribution in [0.3, 0.4) is 0 Å². The van der Waals surface area contributed by atoms with Gasteiger partial charge in [0.05, 0.1) is 10.8 Å². The highest BCUT2D eigenvalue weighted by Gasteiger charge is 2.38. The third-order valence-electron chi connectivity index (χ3n) is 3.84. The average molecular weight is 306 g/mol. The monoisotopic (exact) mass is 305 g/mol. The van der Waals surface area contributed by atoms with E-state index in [9.17, 15) is 4.79 Å². The van der Waals surface area contributed by atoms with Crippen molar-refractivity contribution in [2.45, 2.75) is 31.6 Å². The predicted molar refractivity (Wildman–Crippen MR) is 84.8 cm³/mol. The summed E-state index contributed by atoms with van der Waals surface area (Å²) in [6.07, 6.45) is 0. The predicted octanol–water partition coefficient (Wildman–Crippen LogP) is 4.61. The van der Waals surface area contributed by atoms with E-state index in [1.807, 2.05) is 26.0 Å². The number of rotatable bonds is 2. The first-order valence-corrected chi connectivity index (χ1v) is 7.81. The van der Waals surface area contributed by atoms with E-state index in [0.717, 1.165) is 21.7 Å². The molecule has 2 aromatic rings. The van der Waals surface area contributed by atoms with Crippen LogP contribution in [0.15, 0.2) is 30.3 Å². The van der Waals surface area contributed by atoms with Crippen LogP contribution < -0.4 is 5.32 Å². The first-order chi connectivity index (χ1) is 9.39. The lowest BCUT2D eigenvalue weighted by Crippen LogP contribution is -2.26. The van der Waals surface area contributed by atoms with Gasteiger partial charge in [-0.2, -0.15) is 0 Å². The lowest BCUT2D eigenvalue weighted by molar-refractivity contribution is -0.119. The summed E-state index contributed by atoms with van der Waals surface area (Å²) in [5.74, 6) is 0.0442. The van der Waals surface area contributed by atoms with Gasteiger partial charge in [-0.15, -0.1) is 22.9 Å². The largest absolute Gasteiger partial charge is 0.325 e. The Morgan fingerprint density at radius 2 is 2.00 bits per heavy atom. The topological polar surface area (TPSA) is 29.1 Å². The van der Waals surface area contributed by atoms with Gasteiger partial charge < -0.3 is 5.32 Å². The molecule has 1 atom stereocenters. The Labute approximate surface area is 127 Å². The molecule has 0 saturated heterocycles. The van der Waals surface area contributed by atoms with Crippen LogP contribution in [0.1, 0.15) is 40.1 Å². The molecule has 3 rings (SSSR count). The number of benzene rings is 1. The first kappa shape index (κ1) is 13.7. The van der Waals surface area contributed by atoms with Gasteiger partial charge in [-0.3, -0.25) is 4.79 Å². The molecule has 0 fully saturated rings. The maximum Gasteiger partial charge on any atom is 0.234 e. The molecule has 1 aliphatic heterocycles. The number of hydrogen-bond donors (Lipinski definition) is 1. The zero-order valence-electron chi connectivity index (χ0n) is 11.7. The van der Waals surface area contributed by atoms with E-state index in [1.165, 1.54) is 4.88 Å². The minimum absolute atomic E-state index is 0.0442. The van der Waals surface area contributed by atoms with Crippen LogP contribution in [0.25, 0.3) is 0 Å². The van der Waals surface area contributed by atoms with E-state index >= 15 is 0 Å². The van der Waals surface area contributed by atoms with Crippen molar-refractivity contribution in [2.24, 2.45) is 0 Å². The molecular formula is C16H16ClNOS. The number of halogens is 1. The Hall–Kier alpha value is -1.32. The zero-order chi connectivity index (χ0) is 14.5. The second-order valence-electron chi connectivity index (χ2n) is 5.70. The van der Waals surface area contributed by atoms with Gasteiger partial charge in [-0.25, -0.2) is 0 Å². The van der Waals surface area contributed by atoms with Crippen LogP contribution >= 0.6 is 22.9 Å². The fourth-order valence-electron chi connectivity index (χ4n) is 2.50. The highest BCUT2D eigenvalue weighted by atomic mass is 35.5. The van der Waals surface area contributed by atoms with E-state index in [0.29, 0.717) is 0 Å². The molecule has 0 saturated carbocycles. The van der Waals surface area contributed by atoms with Crippen LogP contribution in [0.5, 0.6) is 0 Å². The Morgan fingerprint density at radius 3 is 2.65 bits per heavy atom. The van der Waals surface area contributed by atoms with Gasteiger partial charge >= 0.3 is 0 Å². The molecule has 104 valence electrons. The second-order valence-corrected chi connectivity index (χ2v) is 7.45. The third-order valence-corrected chi connectivity index (χ3v) is 5.52. The summed E-state index contributed by atoms with van der Waals surface area (Å²) >= 11 is 8.29. The smallest absolute Gasteiger partial charge is 0.234 e. The number of amides is 1. The van der Waals surface area contributed by atoms with Gasteiger partial charge in [0.2, 0.25) is 5.91 Å². The summed E-state index contributed by atoms with van der Waals surface area (Å²) in [6, 6.07) is 10.2. The van der Waals surface area contributed by atoms with Gasteiger partial charge in [-0.05, 0) is 50.1 Å². The van der Waals surface area contributed by atoms with Crippen molar-refractivity contribution in [1.82, 2.24) is 0 Å². The normalized spacial score (nSPS) is 17.7. The van der Waals surface area contributed by atoms with Crippen molar-refractivity contribution < 1.29 is 4.79 Å². The lowest BCUT2D eigenvalue weighted by atomic mass is 9.85. The lowest BCUT2D eigenvalue weighted by Gasteiger charge is -2.17. The summed E-state index contributed by atoms with van der Waals surface area (Å²) in [5.41, 5.74) is 2.47. The Bertz CT molecular complexity index is 690. The van der Waals surface area contributed by atoms with Crippen molar-refractivity contribution in [3.63, 3.8) is 0 Å². The van der Waals surface area contributed by atoms with Gasteiger partial charge in [0.15, 0.2) is 0 Å². The molecule has 4 heteroatoms. The summed E-state index contributed by atoms with van der Waals surface area (Å²) in [5, 5.41) is 2.76. The minimum atomic E-state index is -0.493. The quantitative estimate of drug-likeness (QED) is 0.806. The minimum Gasteiger partial charge on any atom is -0.325 e. The summed E-state index contributed by atoms with van der Waals surface area (Å²) in [6.45, 7) is 5.96. The van der Waals surface area contributed by atoms with Crippen LogP contribution in [0.4, 0.5) is 5.69 Å². The molecular weight excluding hydrogens is 290 g/mol. The molecule has 20 heavy (non-hydrogen) atoms. The number of carbonyl (C=O) groups excluding carboxylic acids is 1. The van der Waals surface area contributed by atoms with Gasteiger partial charge in [0, 0.05) is 15.4 Å². The zero-order valence-corrected chi connectivity index (χ0v) is 13.2. The number of anilines is 1. The molecule has 0 spiro atoms. The Kier molecular flexibility index (Phi) is 3.14. The molecule has 1 amide bonds. The van der Waals surface area contributed by atoms with Gasteiger partial charge in [0.1, 0.15) is 0 Å². The number of alkyl halides is 1. The van der Waals surface area contributed by atoms with Crippen LogP contribution in [0, 0.1) is 6.92 Å². The van der Waals surface area contributed by atoms with Crippen LogP contribution in [0.2, 0.25) is 0 Å². The number of fused-ring (bicyclic) bond motifs is 1. The highest BCUT2D eigenvalue weighted by molar-refractivity contribution is 7.12. The number of carbonyl (C=O) groups is 1. The van der Waals surface area contributed by atoms with Crippen LogP contribution in [-0.2, 0) is 10.2 Å². The molecule has 1 N–H and O–H groups in total. The fraction of sp³-hybridized carbons (Fsp3) is 0.312. The molecule has 0 radical (unpaired) electrons. The summed E-state index contributed by atoms with van der Waals surface area (Å²) in [7, 11) is 0. The van der Waals surface area contributed by atoms with Crippen molar-refractivity contribution in [1.29, 1.82) is 0 Å². The van der Waals surface area contributed by atoms with E-state index in [-0.39, 0.29) is 11.3 Å². The van der Waals surface area contributed by atoms with Crippen molar-refractivity contribution in [2.75, 3.05) is 5.32 Å². The SMILES string of the molecule is Cc1ccc(C(Cl)c2ccc3c(c2)C(C)(C)C(=O)N3)s1. The standard InChI is InChI=1S/C16H16ClNOS/c1-9-4-7-13(20-9)14(17)10-5-6-12-11(8-10)16(2,3)15(19)18-12/h4-8,14H,1-3H3,(H,18,19). The maximum atomic E-state index is 12.0. The molecule has 1 aliphatic rings. The van der Waals surface area contributed by atoms with E-state index in [1.54, 1.807) is 11.3 Å². The summed E-state index contributed by atoms with van der Waals surface area (Å²) in [4.78, 5) is 14.4. The molecule has 2 nitrogen and oxygen atoms in total. The van der Waals surface area contributed by atoms with Gasteiger partial charge in [0.25, 0.3) is 0 Å². The summed E-state index contributed by atoms with van der Waals surface area (Å²) < 4.78 is 0. The fourth-order valence-corrected chi connectivity index (χ4v) is 3.73. The molecule has 1 aromatic heterocycles. The highest BCUT2D eigenvalue weighted by Crippen LogP contribution is 2.41. The molecule has 1 unspecified atom stereocenters. The van der Waals surface area contributed by atoms with Crippen molar-refractivity contribution in [3.8, 4) is 0 Å². The van der Waals surface area contributed by atoms with Gasteiger partial charge in [-0.1, -0.05) is 12.1 Å². The van der Waals surface area contributed by atoms with E-state index < -0.39 is 5.41 Å². The van der Waals surface area contributed by atoms with E-state index in [4.69, 9.17) is 11.6 Å². The van der Waals surface area contributed by atoms with E-state index in [2.05, 4.69) is 30.4 Å². The Morgan fingerprint density at radius 1 is 1.25 bits per heavy atom. The van der Waals surface area contributed by atoms with Crippen molar-refractivity contribution in [3.05, 3.63) is 51.2 Å². The second kappa shape index (κ2) is 4.61. The average Bonchev–Trinajstić information content (AvgIpc) is 2.92. The maximum absolute atomic E-state index is 12.0. The third kappa shape index (κ3) is 2.05. The molecule has 1 aromatic carbocycles. The Balaban J connectivity index is 2.02. The van der Waals surface area contributed by atoms with Crippen LogP contribution in [-0.4, -0.2) is 5.91 Å². The molecule has 0 bridgehead atoms. The number of nitrogens with one attached hydrogen (secondary N) is 1. The van der Waals surface area contributed by atoms with Crippen molar-refractivity contribution >= 4 is 34.5 Å². The molecule has 2 heterocycles. The molecule has 0 aliphatic carbocycles. The number of thiophene rings is 1.